The number of rotatable bonds is 8. The summed E-state index contributed by atoms with van der Waals surface area (Å²) in [6.45, 7) is 15.5. The van der Waals surface area contributed by atoms with Crippen molar-refractivity contribution in [1.29, 1.82) is 0 Å². The lowest BCUT2D eigenvalue weighted by Gasteiger charge is -2.26. The summed E-state index contributed by atoms with van der Waals surface area (Å²) in [4.78, 5) is 0. The number of halogens is 1. The number of nitrogens with zero attached hydrogens (tertiary/aromatic N) is 2. The van der Waals surface area contributed by atoms with E-state index in [4.69, 9.17) is 0 Å². The van der Waals surface area contributed by atoms with Gasteiger partial charge in [0.05, 0.1) is 15.9 Å². The summed E-state index contributed by atoms with van der Waals surface area (Å²) in [6, 6.07) is 0. The Labute approximate surface area is 125 Å². The van der Waals surface area contributed by atoms with Gasteiger partial charge in [0, 0.05) is 24.9 Å². The highest BCUT2D eigenvalue weighted by molar-refractivity contribution is 9.10. The lowest BCUT2D eigenvalue weighted by molar-refractivity contribution is 0.378. The highest BCUT2D eigenvalue weighted by atomic mass is 79.9. The van der Waals surface area contributed by atoms with Crippen LogP contribution in [0.25, 0.3) is 0 Å². The van der Waals surface area contributed by atoms with Crippen LogP contribution in [0, 0.1) is 12.3 Å². The summed E-state index contributed by atoms with van der Waals surface area (Å²) < 4.78 is 3.22. The third-order valence-corrected chi connectivity index (χ3v) is 4.50. The molecule has 0 aliphatic carbocycles. The van der Waals surface area contributed by atoms with Crippen molar-refractivity contribution in [3.63, 3.8) is 0 Å². The van der Waals surface area contributed by atoms with Gasteiger partial charge < -0.3 is 5.32 Å². The Balaban J connectivity index is 2.88. The van der Waals surface area contributed by atoms with Gasteiger partial charge in [0.2, 0.25) is 0 Å². The molecule has 1 N–H and O–H groups in total. The monoisotopic (exact) mass is 327 g/mol. The molecule has 0 amide bonds. The van der Waals surface area contributed by atoms with Crippen LogP contribution in [0.2, 0.25) is 0 Å². The van der Waals surface area contributed by atoms with Crippen LogP contribution in [0.1, 0.15) is 38.6 Å². The molecule has 1 heterocycles. The molecule has 0 spiro atoms. The average Bonchev–Trinajstić information content (AvgIpc) is 2.66. The van der Waals surface area contributed by atoms with Crippen LogP contribution in [0.3, 0.4) is 0 Å². The van der Waals surface area contributed by atoms with E-state index in [1.54, 1.807) is 0 Å². The lowest BCUT2D eigenvalue weighted by atomic mass is 9.85. The smallest absolute Gasteiger partial charge is 0.0738 e. The van der Waals surface area contributed by atoms with Gasteiger partial charge in [0.25, 0.3) is 0 Å². The third kappa shape index (κ3) is 4.18. The quantitative estimate of drug-likeness (QED) is 0.582. The highest BCUT2D eigenvalue weighted by Gasteiger charge is 2.25. The molecule has 0 saturated carbocycles. The predicted octanol–water partition coefficient (Wildman–Crippen LogP) is 3.71. The molecule has 0 aromatic carbocycles. The Morgan fingerprint density at radius 2 is 2.16 bits per heavy atom. The first-order valence-corrected chi connectivity index (χ1v) is 7.82. The van der Waals surface area contributed by atoms with Gasteiger partial charge >= 0.3 is 0 Å². The van der Waals surface area contributed by atoms with Gasteiger partial charge in [-0.25, -0.2) is 0 Å². The van der Waals surface area contributed by atoms with E-state index in [9.17, 15) is 0 Å². The molecule has 3 nitrogen and oxygen atoms in total. The average molecular weight is 328 g/mol. The molecule has 1 atom stereocenters. The van der Waals surface area contributed by atoms with Crippen molar-refractivity contribution in [2.45, 2.75) is 47.1 Å². The molecule has 19 heavy (non-hydrogen) atoms. The Hall–Kier alpha value is -0.610. The minimum atomic E-state index is 0.0527. The maximum atomic E-state index is 4.56. The molecule has 1 unspecified atom stereocenters. The number of hydrogen-bond acceptors (Lipinski definition) is 2. The summed E-state index contributed by atoms with van der Waals surface area (Å²) in [5.41, 5.74) is 2.38. The number of nitrogens with one attached hydrogen (secondary N) is 1. The normalized spacial score (nSPS) is 14.4. The lowest BCUT2D eigenvalue weighted by Crippen LogP contribution is -2.33. The van der Waals surface area contributed by atoms with E-state index in [1.165, 1.54) is 5.69 Å². The van der Waals surface area contributed by atoms with Gasteiger partial charge in [-0.1, -0.05) is 19.9 Å². The summed E-state index contributed by atoms with van der Waals surface area (Å²) in [5.74, 6) is 0. The minimum Gasteiger partial charge on any atom is -0.316 e. The topological polar surface area (TPSA) is 29.9 Å². The fourth-order valence-electron chi connectivity index (χ4n) is 2.18. The van der Waals surface area contributed by atoms with Crippen molar-refractivity contribution in [2.24, 2.45) is 5.41 Å². The van der Waals surface area contributed by atoms with E-state index in [0.717, 1.165) is 42.6 Å². The van der Waals surface area contributed by atoms with Crippen LogP contribution >= 0.6 is 15.9 Å². The molecular weight excluding hydrogens is 302 g/mol. The molecule has 108 valence electrons. The van der Waals surface area contributed by atoms with Gasteiger partial charge in [0.1, 0.15) is 0 Å². The summed E-state index contributed by atoms with van der Waals surface area (Å²) in [6.07, 6.45) is 4.16. The van der Waals surface area contributed by atoms with E-state index >= 15 is 0 Å². The zero-order valence-corrected chi connectivity index (χ0v) is 14.2. The van der Waals surface area contributed by atoms with Crippen molar-refractivity contribution in [1.82, 2.24) is 15.1 Å². The Morgan fingerprint density at radius 3 is 2.68 bits per heavy atom. The Kier molecular flexibility index (Phi) is 6.27. The van der Waals surface area contributed by atoms with E-state index in [0.29, 0.717) is 0 Å². The van der Waals surface area contributed by atoms with Crippen molar-refractivity contribution >= 4 is 15.9 Å². The Bertz CT molecular complexity index is 425. The minimum absolute atomic E-state index is 0.0527. The fraction of sp³-hybridized carbons (Fsp3) is 0.667. The van der Waals surface area contributed by atoms with E-state index < -0.39 is 0 Å². The van der Waals surface area contributed by atoms with Crippen molar-refractivity contribution in [2.75, 3.05) is 13.1 Å². The first-order valence-electron chi connectivity index (χ1n) is 7.03. The molecule has 4 heteroatoms. The molecule has 1 aromatic rings. The van der Waals surface area contributed by atoms with Crippen molar-refractivity contribution in [3.05, 3.63) is 28.5 Å². The molecular formula is C15H26BrN3. The van der Waals surface area contributed by atoms with Gasteiger partial charge in [0.15, 0.2) is 0 Å². The molecule has 0 saturated heterocycles. The third-order valence-electron chi connectivity index (χ3n) is 3.47. The second kappa shape index (κ2) is 7.25. The number of aromatic nitrogens is 2. The first kappa shape index (κ1) is 16.4. The van der Waals surface area contributed by atoms with E-state index in [1.807, 2.05) is 6.92 Å². The van der Waals surface area contributed by atoms with E-state index in [-0.39, 0.29) is 5.41 Å². The SMILES string of the molecule is C=CC(C)(CNCCC)Cc1c(Br)c(C)nn1CC. The van der Waals surface area contributed by atoms with Crippen LogP contribution in [0.4, 0.5) is 0 Å². The maximum absolute atomic E-state index is 4.56. The van der Waals surface area contributed by atoms with Gasteiger partial charge in [-0.15, -0.1) is 6.58 Å². The fourth-order valence-corrected chi connectivity index (χ4v) is 2.60. The van der Waals surface area contributed by atoms with Crippen LogP contribution in [-0.4, -0.2) is 22.9 Å². The molecule has 1 aromatic heterocycles. The second-order valence-electron chi connectivity index (χ2n) is 5.37. The van der Waals surface area contributed by atoms with E-state index in [2.05, 4.69) is 64.5 Å². The Morgan fingerprint density at radius 1 is 1.47 bits per heavy atom. The van der Waals surface area contributed by atoms with Gasteiger partial charge in [-0.2, -0.15) is 5.10 Å². The van der Waals surface area contributed by atoms with Gasteiger partial charge in [-0.3, -0.25) is 4.68 Å². The number of hydrogen-bond donors (Lipinski definition) is 1. The molecule has 0 aliphatic heterocycles. The predicted molar refractivity (Wildman–Crippen MR) is 85.5 cm³/mol. The van der Waals surface area contributed by atoms with Gasteiger partial charge in [-0.05, 0) is 42.7 Å². The van der Waals surface area contributed by atoms with Crippen LogP contribution < -0.4 is 5.32 Å². The van der Waals surface area contributed by atoms with Crippen LogP contribution in [-0.2, 0) is 13.0 Å². The number of aryl methyl sites for hydroxylation is 2. The van der Waals surface area contributed by atoms with Crippen molar-refractivity contribution in [3.8, 4) is 0 Å². The first-order chi connectivity index (χ1) is 8.97. The van der Waals surface area contributed by atoms with Crippen LogP contribution in [0.15, 0.2) is 17.1 Å². The maximum Gasteiger partial charge on any atom is 0.0738 e. The highest BCUT2D eigenvalue weighted by Crippen LogP contribution is 2.29. The molecule has 0 radical (unpaired) electrons. The van der Waals surface area contributed by atoms with Crippen LogP contribution in [0.5, 0.6) is 0 Å². The molecule has 0 fully saturated rings. The summed E-state index contributed by atoms with van der Waals surface area (Å²) in [5, 5.41) is 8.05. The summed E-state index contributed by atoms with van der Waals surface area (Å²) >= 11 is 3.67. The largest absolute Gasteiger partial charge is 0.316 e. The zero-order valence-electron chi connectivity index (χ0n) is 12.6. The zero-order chi connectivity index (χ0) is 14.5. The standard InChI is InChI=1S/C15H26BrN3/c1-6-9-17-11-15(5,7-2)10-13-14(16)12(4)18-19(13)8-3/h7,17H,2,6,8-11H2,1,3-5H3. The summed E-state index contributed by atoms with van der Waals surface area (Å²) in [7, 11) is 0. The molecule has 0 aliphatic rings. The second-order valence-corrected chi connectivity index (χ2v) is 6.17. The molecule has 1 rings (SSSR count). The molecule has 0 bridgehead atoms. The van der Waals surface area contributed by atoms with Crippen molar-refractivity contribution < 1.29 is 0 Å².